The Morgan fingerprint density at radius 2 is 1.97 bits per heavy atom. The van der Waals surface area contributed by atoms with Crippen molar-refractivity contribution in [3.63, 3.8) is 0 Å². The Hall–Kier alpha value is -1.22. The molecule has 10 heteroatoms. The van der Waals surface area contributed by atoms with Gasteiger partial charge in [-0.1, -0.05) is 25.5 Å². The minimum atomic E-state index is -4.93. The summed E-state index contributed by atoms with van der Waals surface area (Å²) in [7, 11) is -4.93. The van der Waals surface area contributed by atoms with Crippen LogP contribution in [-0.4, -0.2) is 55.5 Å². The summed E-state index contributed by atoms with van der Waals surface area (Å²) in [5.74, 6) is -2.87. The first kappa shape index (κ1) is 23.9. The summed E-state index contributed by atoms with van der Waals surface area (Å²) in [6.45, 7) is 4.00. The molecule has 0 bridgehead atoms. The molecule has 0 amide bonds. The van der Waals surface area contributed by atoms with Gasteiger partial charge in [-0.2, -0.15) is 0 Å². The zero-order chi connectivity index (χ0) is 23.9. The molecule has 8 nitrogen and oxygen atoms in total. The molecule has 3 saturated carbocycles. The number of aliphatic hydroxyl groups is 2. The maximum atomic E-state index is 17.0. The van der Waals surface area contributed by atoms with Gasteiger partial charge in [-0.05, 0) is 56.6 Å². The normalized spacial score (nSPS) is 48.0. The van der Waals surface area contributed by atoms with Crippen LogP contribution in [0.25, 0.3) is 0 Å². The highest BCUT2D eigenvalue weighted by atomic mass is 31.2. The van der Waals surface area contributed by atoms with Crippen LogP contribution in [0.1, 0.15) is 46.5 Å². The van der Waals surface area contributed by atoms with Crippen LogP contribution in [0.4, 0.5) is 4.39 Å². The Bertz CT molecular complexity index is 973. The van der Waals surface area contributed by atoms with Crippen LogP contribution in [0.2, 0.25) is 0 Å². The zero-order valence-corrected chi connectivity index (χ0v) is 19.2. The quantitative estimate of drug-likeness (QED) is 0.456. The van der Waals surface area contributed by atoms with Gasteiger partial charge in [-0.25, -0.2) is 8.96 Å². The number of hydrogen-bond acceptors (Lipinski definition) is 6. The van der Waals surface area contributed by atoms with E-state index in [2.05, 4.69) is 4.52 Å². The van der Waals surface area contributed by atoms with Crippen LogP contribution in [0, 0.1) is 28.6 Å². The molecule has 3 fully saturated rings. The minimum absolute atomic E-state index is 0.211. The molecule has 4 aliphatic rings. The molecule has 4 rings (SSSR count). The lowest BCUT2D eigenvalue weighted by atomic mass is 9.44. The third-order valence-electron chi connectivity index (χ3n) is 9.01. The molecule has 0 heterocycles. The number of halogens is 1. The maximum absolute atomic E-state index is 17.0. The van der Waals surface area contributed by atoms with Gasteiger partial charge in [-0.15, -0.1) is 0 Å². The van der Waals surface area contributed by atoms with Crippen LogP contribution < -0.4 is 0 Å². The van der Waals surface area contributed by atoms with E-state index >= 15 is 4.39 Å². The molecule has 0 saturated heterocycles. The van der Waals surface area contributed by atoms with Gasteiger partial charge < -0.3 is 20.0 Å². The fourth-order valence-corrected chi connectivity index (χ4v) is 7.68. The van der Waals surface area contributed by atoms with E-state index in [1.807, 2.05) is 0 Å². The molecule has 8 atom stereocenters. The molecule has 0 radical (unpaired) electrons. The second-order valence-electron chi connectivity index (χ2n) is 10.4. The van der Waals surface area contributed by atoms with E-state index in [1.54, 1.807) is 20.8 Å². The van der Waals surface area contributed by atoms with Crippen molar-refractivity contribution in [1.29, 1.82) is 0 Å². The van der Waals surface area contributed by atoms with Crippen molar-refractivity contribution >= 4 is 19.4 Å². The predicted octanol–water partition coefficient (Wildman–Crippen LogP) is 2.01. The summed E-state index contributed by atoms with van der Waals surface area (Å²) in [5, 5.41) is 22.8. The minimum Gasteiger partial charge on any atom is -0.390 e. The van der Waals surface area contributed by atoms with Crippen molar-refractivity contribution in [2.45, 2.75) is 63.8 Å². The Morgan fingerprint density at radius 1 is 1.31 bits per heavy atom. The first-order valence-corrected chi connectivity index (χ1v) is 12.4. The molecule has 0 aliphatic heterocycles. The molecule has 0 aromatic heterocycles. The number of Topliss-reactive ketones (excluding diaryl/α,β-unsaturated/α-hetero) is 1. The van der Waals surface area contributed by atoms with Crippen molar-refractivity contribution in [3.8, 4) is 0 Å². The lowest BCUT2D eigenvalue weighted by Gasteiger charge is -2.62. The smallest absolute Gasteiger partial charge is 0.390 e. The van der Waals surface area contributed by atoms with Crippen LogP contribution >= 0.6 is 7.82 Å². The van der Waals surface area contributed by atoms with Crippen molar-refractivity contribution in [2.75, 3.05) is 6.61 Å². The second kappa shape index (κ2) is 7.14. The number of carbonyl (C=O) groups excluding carboxylic acids is 2. The average molecular weight is 472 g/mol. The van der Waals surface area contributed by atoms with E-state index in [1.165, 1.54) is 18.2 Å². The Balaban J connectivity index is 1.74. The Kier molecular flexibility index (Phi) is 5.34. The summed E-state index contributed by atoms with van der Waals surface area (Å²) in [4.78, 5) is 42.8. The molecule has 3 unspecified atom stereocenters. The lowest BCUT2D eigenvalue weighted by Crippen LogP contribution is -2.69. The number of ketones is 2. The monoisotopic (exact) mass is 472 g/mol. The van der Waals surface area contributed by atoms with Crippen molar-refractivity contribution < 1.29 is 43.1 Å². The molecule has 4 N–H and O–H groups in total. The van der Waals surface area contributed by atoms with Gasteiger partial charge in [0, 0.05) is 16.7 Å². The van der Waals surface area contributed by atoms with E-state index in [9.17, 15) is 24.4 Å². The lowest BCUT2D eigenvalue weighted by molar-refractivity contribution is -0.219. The first-order chi connectivity index (χ1) is 14.6. The van der Waals surface area contributed by atoms with E-state index in [0.717, 1.165) is 0 Å². The topological polar surface area (TPSA) is 141 Å². The number of fused-ring (bicyclic) bond motifs is 5. The highest BCUT2D eigenvalue weighted by molar-refractivity contribution is 7.46. The van der Waals surface area contributed by atoms with Crippen molar-refractivity contribution in [3.05, 3.63) is 23.8 Å². The highest BCUT2D eigenvalue weighted by Crippen LogP contribution is 2.70. The molecule has 32 heavy (non-hydrogen) atoms. The van der Waals surface area contributed by atoms with Crippen LogP contribution in [0.15, 0.2) is 23.8 Å². The molecular weight excluding hydrogens is 442 g/mol. The van der Waals surface area contributed by atoms with Gasteiger partial charge in [0.2, 0.25) is 0 Å². The summed E-state index contributed by atoms with van der Waals surface area (Å²) in [6.07, 6.45) is 3.70. The summed E-state index contributed by atoms with van der Waals surface area (Å²) >= 11 is 0. The van der Waals surface area contributed by atoms with E-state index < -0.39 is 66.2 Å². The fourth-order valence-electron chi connectivity index (χ4n) is 7.39. The summed E-state index contributed by atoms with van der Waals surface area (Å²) in [6, 6.07) is 0. The fraction of sp³-hybridized carbons (Fsp3) is 0.727. The molecule has 0 aromatic rings. The van der Waals surface area contributed by atoms with E-state index in [4.69, 9.17) is 9.79 Å². The number of hydrogen-bond donors (Lipinski definition) is 4. The number of alkyl halides is 1. The number of rotatable bonds is 4. The summed E-state index contributed by atoms with van der Waals surface area (Å²) < 4.78 is 32.5. The van der Waals surface area contributed by atoms with Gasteiger partial charge in [0.15, 0.2) is 17.2 Å². The molecule has 178 valence electrons. The van der Waals surface area contributed by atoms with E-state index in [0.29, 0.717) is 24.8 Å². The second-order valence-corrected chi connectivity index (χ2v) is 11.6. The van der Waals surface area contributed by atoms with Crippen LogP contribution in [0.5, 0.6) is 0 Å². The van der Waals surface area contributed by atoms with Crippen LogP contribution in [-0.2, 0) is 18.7 Å². The van der Waals surface area contributed by atoms with Crippen LogP contribution in [0.3, 0.4) is 0 Å². The maximum Gasteiger partial charge on any atom is 0.470 e. The molecular formula is C22H30FO8P. The summed E-state index contributed by atoms with van der Waals surface area (Å²) in [5.41, 5.74) is -5.88. The van der Waals surface area contributed by atoms with Gasteiger partial charge in [0.1, 0.15) is 12.2 Å². The number of allylic oxidation sites excluding steroid dienone is 4. The number of phosphoric acid groups is 1. The largest absolute Gasteiger partial charge is 0.470 e. The Morgan fingerprint density at radius 3 is 2.59 bits per heavy atom. The van der Waals surface area contributed by atoms with Crippen molar-refractivity contribution in [1.82, 2.24) is 0 Å². The van der Waals surface area contributed by atoms with Gasteiger partial charge in [0.25, 0.3) is 0 Å². The zero-order valence-electron chi connectivity index (χ0n) is 18.3. The third-order valence-corrected chi connectivity index (χ3v) is 9.48. The van der Waals surface area contributed by atoms with Gasteiger partial charge in [-0.3, -0.25) is 14.1 Å². The third kappa shape index (κ3) is 2.95. The predicted molar refractivity (Wildman–Crippen MR) is 111 cm³/mol. The standard InChI is InChI=1S/C22H30FO8P/c1-12-8-16-15-5-4-13-9-14(24)6-7-19(13,2)21(15,23)17(25)10-20(16,3)22(12,27)18(26)11-31-32(28,29)30/h6-7,9,12,15-17,25,27H,4-5,8,10-11H2,1-3H3,(H2,28,29,30)/t12-,15?,16?,17?,19-,20-,21-,22-/m1/s1. The van der Waals surface area contributed by atoms with Crippen molar-refractivity contribution in [2.24, 2.45) is 28.6 Å². The Labute approximate surface area is 185 Å². The van der Waals surface area contributed by atoms with E-state index in [-0.39, 0.29) is 12.2 Å². The highest BCUT2D eigenvalue weighted by Gasteiger charge is 2.75. The number of aliphatic hydroxyl groups excluding tert-OH is 1. The molecule has 0 aromatic carbocycles. The molecule has 0 spiro atoms. The first-order valence-electron chi connectivity index (χ1n) is 10.9. The van der Waals surface area contributed by atoms with Gasteiger partial charge in [0.05, 0.1) is 6.10 Å². The number of phosphoric ester groups is 1. The number of carbonyl (C=O) groups is 2. The molecule has 4 aliphatic carbocycles. The van der Waals surface area contributed by atoms with Gasteiger partial charge >= 0.3 is 7.82 Å². The SMILES string of the molecule is C[C@@H]1CC2C3CCC4=CC(=O)C=C[C@@]4(C)[C@]3(F)C(O)C[C@@]2(C)[C@]1(O)C(=O)COP(=O)(O)O. The average Bonchev–Trinajstić information content (AvgIpc) is 2.89.